The number of amides is 2. The second-order valence-corrected chi connectivity index (χ2v) is 9.04. The highest BCUT2D eigenvalue weighted by molar-refractivity contribution is 7.89. The van der Waals surface area contributed by atoms with Crippen molar-refractivity contribution < 1.29 is 28.2 Å². The van der Waals surface area contributed by atoms with Gasteiger partial charge in [-0.3, -0.25) is 0 Å². The van der Waals surface area contributed by atoms with Crippen molar-refractivity contribution in [2.75, 3.05) is 5.32 Å². The van der Waals surface area contributed by atoms with E-state index in [1.54, 1.807) is 6.07 Å². The molecule has 2 amide bonds. The molecule has 1 heterocycles. The van der Waals surface area contributed by atoms with Crippen molar-refractivity contribution in [1.82, 2.24) is 4.72 Å². The molecule has 0 fully saturated rings. The first kappa shape index (κ1) is 14.6. The van der Waals surface area contributed by atoms with Gasteiger partial charge >= 0.3 is 6.03 Å². The Morgan fingerprint density at radius 3 is 2.32 bits per heavy atom. The van der Waals surface area contributed by atoms with E-state index in [-0.39, 0.29) is 24.1 Å². The standard InChI is InChI=1S/C20H24N2O5S/c1-20(2,24)14-10-17(27-11-14)28(25,26)22-19(23)21-18-15-7-3-5-12(15)9-13-6-4-8-16(13)18/h9-11,24H,3-8H2,1-2H3,(H2,21,22,23)/i5D2,6D2. The maximum Gasteiger partial charge on any atom is 0.333 e. The van der Waals surface area contributed by atoms with Crippen LogP contribution in [0.1, 0.15) is 60.0 Å². The number of aliphatic hydroxyl groups is 1. The molecule has 2 aliphatic carbocycles. The first-order chi connectivity index (χ1) is 14.6. The number of carbonyl (C=O) groups excluding carboxylic acids is 1. The van der Waals surface area contributed by atoms with Crippen molar-refractivity contribution in [3.05, 3.63) is 46.2 Å². The molecular weight excluding hydrogens is 380 g/mol. The highest BCUT2D eigenvalue weighted by Gasteiger charge is 2.28. The lowest BCUT2D eigenvalue weighted by Gasteiger charge is -2.16. The van der Waals surface area contributed by atoms with Gasteiger partial charge in [-0.05, 0) is 74.5 Å². The maximum absolute atomic E-state index is 12.6. The van der Waals surface area contributed by atoms with E-state index < -0.39 is 39.5 Å². The van der Waals surface area contributed by atoms with E-state index in [2.05, 4.69) is 5.32 Å². The average molecular weight is 409 g/mol. The second-order valence-electron chi connectivity index (χ2n) is 7.43. The van der Waals surface area contributed by atoms with Gasteiger partial charge < -0.3 is 14.8 Å². The van der Waals surface area contributed by atoms with E-state index >= 15 is 0 Å². The highest BCUT2D eigenvalue weighted by atomic mass is 32.2. The summed E-state index contributed by atoms with van der Waals surface area (Å²) in [7, 11) is -4.38. The van der Waals surface area contributed by atoms with Crippen LogP contribution in [0.25, 0.3) is 0 Å². The van der Waals surface area contributed by atoms with Crippen molar-refractivity contribution in [3.8, 4) is 0 Å². The molecule has 1 aromatic heterocycles. The smallest absolute Gasteiger partial charge is 0.333 e. The van der Waals surface area contributed by atoms with Crippen LogP contribution in [0.4, 0.5) is 10.5 Å². The number of sulfonamides is 1. The monoisotopic (exact) mass is 408 g/mol. The summed E-state index contributed by atoms with van der Waals surface area (Å²) >= 11 is 0. The molecule has 2 aliphatic rings. The highest BCUT2D eigenvalue weighted by Crippen LogP contribution is 2.38. The fourth-order valence-corrected chi connectivity index (χ4v) is 4.34. The van der Waals surface area contributed by atoms with Gasteiger partial charge in [-0.2, -0.15) is 8.42 Å². The Morgan fingerprint density at radius 1 is 1.18 bits per heavy atom. The summed E-state index contributed by atoms with van der Waals surface area (Å²) in [5.74, 6) is 0. The van der Waals surface area contributed by atoms with Gasteiger partial charge in [-0.1, -0.05) is 6.07 Å². The Hall–Kier alpha value is -2.32. The van der Waals surface area contributed by atoms with E-state index in [0.29, 0.717) is 35.1 Å². The number of benzene rings is 1. The molecule has 4 rings (SSSR count). The lowest BCUT2D eigenvalue weighted by Crippen LogP contribution is -2.34. The lowest BCUT2D eigenvalue weighted by molar-refractivity contribution is 0.0779. The molecule has 8 heteroatoms. The largest absolute Gasteiger partial charge is 0.451 e. The molecule has 28 heavy (non-hydrogen) atoms. The van der Waals surface area contributed by atoms with Crippen LogP contribution < -0.4 is 10.0 Å². The molecule has 0 bridgehead atoms. The Kier molecular flexibility index (Phi) is 3.47. The number of carbonyl (C=O) groups is 1. The minimum absolute atomic E-state index is 0.189. The number of urea groups is 1. The van der Waals surface area contributed by atoms with Crippen LogP contribution in [0.15, 0.2) is 27.9 Å². The predicted octanol–water partition coefficient (Wildman–Crippen LogP) is 2.99. The van der Waals surface area contributed by atoms with E-state index in [4.69, 9.17) is 9.90 Å². The first-order valence-electron chi connectivity index (χ1n) is 11.0. The topological polar surface area (TPSA) is 109 Å². The van der Waals surface area contributed by atoms with Gasteiger partial charge in [0.25, 0.3) is 10.0 Å². The van der Waals surface area contributed by atoms with Crippen LogP contribution in [0.3, 0.4) is 0 Å². The van der Waals surface area contributed by atoms with Gasteiger partial charge in [0.2, 0.25) is 5.09 Å². The summed E-state index contributed by atoms with van der Waals surface area (Å²) in [6.45, 7) is 2.92. The SMILES string of the molecule is [2H]C1([2H])CCc2c1cc1c(c2NC(=O)NS(=O)(=O)c2cc(C(C)(C)O)co2)CCC1([2H])[2H]. The van der Waals surface area contributed by atoms with Crippen molar-refractivity contribution in [2.45, 2.75) is 63.0 Å². The number of furan rings is 1. The summed E-state index contributed by atoms with van der Waals surface area (Å²) in [5, 5.41) is 12.0. The number of hydrogen-bond donors (Lipinski definition) is 3. The zero-order chi connectivity index (χ0) is 23.7. The number of fused-ring (bicyclic) bond motifs is 2. The second kappa shape index (κ2) is 6.63. The van der Waals surface area contributed by atoms with E-state index in [9.17, 15) is 18.3 Å². The Balaban J connectivity index is 1.65. The molecule has 7 nitrogen and oxygen atoms in total. The molecule has 0 atom stereocenters. The molecule has 0 saturated carbocycles. The molecule has 0 aliphatic heterocycles. The van der Waals surface area contributed by atoms with Gasteiger partial charge in [0.05, 0.1) is 11.9 Å². The molecule has 0 spiro atoms. The Labute approximate surface area is 169 Å². The van der Waals surface area contributed by atoms with Crippen LogP contribution in [0.2, 0.25) is 0 Å². The molecule has 0 unspecified atom stereocenters. The van der Waals surface area contributed by atoms with Crippen molar-refractivity contribution in [3.63, 3.8) is 0 Å². The number of hydrogen-bond acceptors (Lipinski definition) is 5. The summed E-state index contributed by atoms with van der Waals surface area (Å²) in [4.78, 5) is 12.6. The molecule has 2 aromatic rings. The average Bonchev–Trinajstić information content (AvgIpc) is 3.32. The van der Waals surface area contributed by atoms with Crippen LogP contribution >= 0.6 is 0 Å². The van der Waals surface area contributed by atoms with Crippen molar-refractivity contribution >= 4 is 21.7 Å². The minimum Gasteiger partial charge on any atom is -0.451 e. The summed E-state index contributed by atoms with van der Waals surface area (Å²) in [6.07, 6.45) is -1.17. The maximum atomic E-state index is 12.6. The van der Waals surface area contributed by atoms with Crippen LogP contribution in [-0.2, 0) is 41.2 Å². The van der Waals surface area contributed by atoms with Gasteiger partial charge in [-0.25, -0.2) is 9.52 Å². The zero-order valence-corrected chi connectivity index (χ0v) is 16.4. The Bertz CT molecular complexity index is 1170. The third kappa shape index (κ3) is 3.42. The van der Waals surface area contributed by atoms with Crippen LogP contribution in [0.5, 0.6) is 0 Å². The summed E-state index contributed by atoms with van der Waals surface area (Å²) in [6, 6.07) is 1.60. The van der Waals surface area contributed by atoms with Gasteiger partial charge in [0, 0.05) is 22.8 Å². The third-order valence-electron chi connectivity index (χ3n) is 4.94. The molecule has 150 valence electrons. The first-order valence-corrected chi connectivity index (χ1v) is 10.4. The fourth-order valence-electron chi connectivity index (χ4n) is 3.49. The lowest BCUT2D eigenvalue weighted by atomic mass is 9.99. The molecule has 0 radical (unpaired) electrons. The molecular formula is C20H24N2O5S. The number of aryl methyl sites for hydroxylation is 2. The fraction of sp³-hybridized carbons (Fsp3) is 0.450. The third-order valence-corrected chi connectivity index (χ3v) is 6.13. The van der Waals surface area contributed by atoms with E-state index in [0.717, 1.165) is 12.3 Å². The number of rotatable bonds is 4. The molecule has 3 N–H and O–H groups in total. The number of anilines is 1. The zero-order valence-electron chi connectivity index (χ0n) is 19.5. The molecule has 1 aromatic carbocycles. The normalized spacial score (nSPS) is 21.7. The summed E-state index contributed by atoms with van der Waals surface area (Å²) in [5.41, 5.74) is 0.915. The quantitative estimate of drug-likeness (QED) is 0.721. The predicted molar refractivity (Wildman–Crippen MR) is 104 cm³/mol. The molecule has 0 saturated heterocycles. The van der Waals surface area contributed by atoms with Crippen LogP contribution in [0, 0.1) is 0 Å². The van der Waals surface area contributed by atoms with E-state index in [1.807, 2.05) is 4.72 Å². The van der Waals surface area contributed by atoms with Gasteiger partial charge in [-0.15, -0.1) is 0 Å². The van der Waals surface area contributed by atoms with Crippen molar-refractivity contribution in [2.24, 2.45) is 0 Å². The van der Waals surface area contributed by atoms with Crippen molar-refractivity contribution in [1.29, 1.82) is 0 Å². The Morgan fingerprint density at radius 2 is 1.79 bits per heavy atom. The van der Waals surface area contributed by atoms with E-state index in [1.165, 1.54) is 13.8 Å². The van der Waals surface area contributed by atoms with Gasteiger partial charge in [0.1, 0.15) is 0 Å². The number of nitrogens with one attached hydrogen (secondary N) is 2. The minimum atomic E-state index is -4.38. The van der Waals surface area contributed by atoms with Crippen LogP contribution in [-0.4, -0.2) is 19.6 Å². The van der Waals surface area contributed by atoms with Gasteiger partial charge in [0.15, 0.2) is 0 Å². The summed E-state index contributed by atoms with van der Waals surface area (Å²) < 4.78 is 65.0.